The molecule has 0 bridgehead atoms. The molecule has 6 nitrogen and oxygen atoms in total. The molecule has 1 saturated heterocycles. The number of aromatic nitrogens is 1. The van der Waals surface area contributed by atoms with E-state index in [1.165, 1.54) is 11.3 Å². The Balaban J connectivity index is 1.68. The summed E-state index contributed by atoms with van der Waals surface area (Å²) in [6.07, 6.45) is 4.43. The molecular weight excluding hydrogens is 290 g/mol. The van der Waals surface area contributed by atoms with Gasteiger partial charge in [0.15, 0.2) is 0 Å². The molecule has 1 aliphatic rings. The van der Waals surface area contributed by atoms with Gasteiger partial charge in [0.25, 0.3) is 5.91 Å². The normalized spacial score (nSPS) is 16.1. The van der Waals surface area contributed by atoms with Gasteiger partial charge in [-0.05, 0) is 18.9 Å². The number of hydrogen-bond donors (Lipinski definition) is 1. The first kappa shape index (κ1) is 13.8. The van der Waals surface area contributed by atoms with Crippen LogP contribution in [0.3, 0.4) is 0 Å². The number of amides is 2. The fourth-order valence-electron chi connectivity index (χ4n) is 2.42. The van der Waals surface area contributed by atoms with Gasteiger partial charge < -0.3 is 15.1 Å². The Kier molecular flexibility index (Phi) is 3.74. The van der Waals surface area contributed by atoms with Crippen LogP contribution in [-0.2, 0) is 4.79 Å². The summed E-state index contributed by atoms with van der Waals surface area (Å²) < 4.78 is 5.02. The number of nitrogens with zero attached hydrogens (tertiary/aromatic N) is 2. The number of thiazole rings is 1. The van der Waals surface area contributed by atoms with Gasteiger partial charge in [-0.3, -0.25) is 9.59 Å². The highest BCUT2D eigenvalue weighted by Crippen LogP contribution is 2.25. The molecule has 2 N–H and O–H groups in total. The smallest absolute Gasteiger partial charge is 0.273 e. The van der Waals surface area contributed by atoms with Crippen molar-refractivity contribution in [1.29, 1.82) is 0 Å². The lowest BCUT2D eigenvalue weighted by molar-refractivity contribution is -0.123. The first-order valence-corrected chi connectivity index (χ1v) is 7.60. The van der Waals surface area contributed by atoms with Crippen LogP contribution in [0.5, 0.6) is 0 Å². The molecule has 7 heteroatoms. The van der Waals surface area contributed by atoms with Crippen LogP contribution in [0.25, 0.3) is 10.6 Å². The first-order valence-electron chi connectivity index (χ1n) is 6.72. The molecule has 2 amide bonds. The molecule has 0 spiro atoms. The summed E-state index contributed by atoms with van der Waals surface area (Å²) in [5, 5.41) is 2.52. The minimum absolute atomic E-state index is 0.0936. The Morgan fingerprint density at radius 1 is 1.38 bits per heavy atom. The van der Waals surface area contributed by atoms with Crippen LogP contribution in [0.2, 0.25) is 0 Å². The van der Waals surface area contributed by atoms with Crippen LogP contribution in [0.4, 0.5) is 0 Å². The van der Waals surface area contributed by atoms with Crippen LogP contribution in [0.1, 0.15) is 23.3 Å². The summed E-state index contributed by atoms with van der Waals surface area (Å²) in [6, 6.07) is 1.81. The second-order valence-corrected chi connectivity index (χ2v) is 5.88. The highest BCUT2D eigenvalue weighted by molar-refractivity contribution is 7.13. The monoisotopic (exact) mass is 305 g/mol. The van der Waals surface area contributed by atoms with Crippen LogP contribution in [0, 0.1) is 5.92 Å². The number of carbonyl (C=O) groups excluding carboxylic acids is 2. The number of hydrogen-bond acceptors (Lipinski definition) is 5. The van der Waals surface area contributed by atoms with Gasteiger partial charge in [0, 0.05) is 30.0 Å². The first-order chi connectivity index (χ1) is 10.1. The molecule has 110 valence electrons. The van der Waals surface area contributed by atoms with Gasteiger partial charge in [0.1, 0.15) is 17.0 Å². The average Bonchev–Trinajstić information content (AvgIpc) is 3.17. The Morgan fingerprint density at radius 2 is 2.14 bits per heavy atom. The van der Waals surface area contributed by atoms with Gasteiger partial charge in [0.2, 0.25) is 5.91 Å². The Morgan fingerprint density at radius 3 is 2.76 bits per heavy atom. The van der Waals surface area contributed by atoms with Crippen molar-refractivity contribution in [1.82, 2.24) is 9.88 Å². The molecule has 0 aliphatic carbocycles. The highest BCUT2D eigenvalue weighted by Gasteiger charge is 2.27. The van der Waals surface area contributed by atoms with E-state index in [1.807, 2.05) is 6.07 Å². The number of primary amides is 1. The minimum Gasteiger partial charge on any atom is -0.472 e. The van der Waals surface area contributed by atoms with Gasteiger partial charge in [-0.25, -0.2) is 4.98 Å². The molecule has 0 atom stereocenters. The van der Waals surface area contributed by atoms with Crippen molar-refractivity contribution in [2.24, 2.45) is 11.7 Å². The maximum Gasteiger partial charge on any atom is 0.273 e. The maximum atomic E-state index is 12.4. The zero-order valence-corrected chi connectivity index (χ0v) is 12.1. The van der Waals surface area contributed by atoms with E-state index in [0.29, 0.717) is 31.6 Å². The van der Waals surface area contributed by atoms with Crippen LogP contribution in [0.15, 0.2) is 28.4 Å². The molecular formula is C14H15N3O3S. The second kappa shape index (κ2) is 5.69. The van der Waals surface area contributed by atoms with Crippen molar-refractivity contribution >= 4 is 23.2 Å². The second-order valence-electron chi connectivity index (χ2n) is 5.02. The lowest BCUT2D eigenvalue weighted by atomic mass is 9.96. The third kappa shape index (κ3) is 2.82. The largest absolute Gasteiger partial charge is 0.472 e. The quantitative estimate of drug-likeness (QED) is 0.935. The number of rotatable bonds is 3. The predicted molar refractivity (Wildman–Crippen MR) is 77.6 cm³/mol. The molecule has 3 heterocycles. The van der Waals surface area contributed by atoms with Crippen LogP contribution >= 0.6 is 11.3 Å². The molecule has 0 radical (unpaired) electrons. The van der Waals surface area contributed by atoms with Crippen LogP contribution in [-0.4, -0.2) is 34.8 Å². The molecule has 1 fully saturated rings. The summed E-state index contributed by atoms with van der Waals surface area (Å²) in [7, 11) is 0. The molecule has 0 unspecified atom stereocenters. The summed E-state index contributed by atoms with van der Waals surface area (Å²) >= 11 is 1.41. The fraction of sp³-hybridized carbons (Fsp3) is 0.357. The molecule has 2 aromatic heterocycles. The van der Waals surface area contributed by atoms with E-state index in [9.17, 15) is 9.59 Å². The van der Waals surface area contributed by atoms with E-state index in [4.69, 9.17) is 10.2 Å². The van der Waals surface area contributed by atoms with Crippen molar-refractivity contribution in [3.63, 3.8) is 0 Å². The van der Waals surface area contributed by atoms with E-state index in [2.05, 4.69) is 4.98 Å². The molecule has 2 aromatic rings. The number of furan rings is 1. The van der Waals surface area contributed by atoms with E-state index < -0.39 is 0 Å². The van der Waals surface area contributed by atoms with Gasteiger partial charge in [-0.1, -0.05) is 0 Å². The number of likely N-dealkylation sites (tertiary alicyclic amines) is 1. The van der Waals surface area contributed by atoms with E-state index in [-0.39, 0.29) is 17.7 Å². The average molecular weight is 305 g/mol. The molecule has 0 saturated carbocycles. The number of carbonyl (C=O) groups is 2. The van der Waals surface area contributed by atoms with Gasteiger partial charge in [-0.15, -0.1) is 11.3 Å². The molecule has 21 heavy (non-hydrogen) atoms. The molecule has 1 aliphatic heterocycles. The van der Waals surface area contributed by atoms with E-state index in [1.54, 1.807) is 22.8 Å². The van der Waals surface area contributed by atoms with E-state index in [0.717, 1.165) is 10.6 Å². The lowest BCUT2D eigenvalue weighted by Gasteiger charge is -2.30. The third-order valence-corrected chi connectivity index (χ3v) is 4.57. The summed E-state index contributed by atoms with van der Waals surface area (Å²) in [6.45, 7) is 1.09. The van der Waals surface area contributed by atoms with Gasteiger partial charge in [0.05, 0.1) is 6.26 Å². The number of piperidine rings is 1. The van der Waals surface area contributed by atoms with Crippen molar-refractivity contribution in [3.8, 4) is 10.6 Å². The van der Waals surface area contributed by atoms with Gasteiger partial charge in [-0.2, -0.15) is 0 Å². The SMILES string of the molecule is NC(=O)C1CCN(C(=O)c2csc(-c3ccoc3)n2)CC1. The van der Waals surface area contributed by atoms with Gasteiger partial charge >= 0.3 is 0 Å². The number of nitrogens with two attached hydrogens (primary N) is 1. The Labute approximate surface area is 125 Å². The zero-order chi connectivity index (χ0) is 14.8. The summed E-state index contributed by atoms with van der Waals surface area (Å²) in [5.74, 6) is -0.493. The summed E-state index contributed by atoms with van der Waals surface area (Å²) in [4.78, 5) is 29.6. The fourth-order valence-corrected chi connectivity index (χ4v) is 3.20. The maximum absolute atomic E-state index is 12.4. The zero-order valence-electron chi connectivity index (χ0n) is 11.3. The molecule has 3 rings (SSSR count). The van der Waals surface area contributed by atoms with Crippen molar-refractivity contribution in [2.75, 3.05) is 13.1 Å². The van der Waals surface area contributed by atoms with Crippen molar-refractivity contribution in [3.05, 3.63) is 29.7 Å². The third-order valence-electron chi connectivity index (χ3n) is 3.68. The van der Waals surface area contributed by atoms with Crippen molar-refractivity contribution < 1.29 is 14.0 Å². The van der Waals surface area contributed by atoms with Crippen molar-refractivity contribution in [2.45, 2.75) is 12.8 Å². The predicted octanol–water partition coefficient (Wildman–Crippen LogP) is 1.74. The standard InChI is InChI=1S/C14H15N3O3S/c15-12(18)9-1-4-17(5-2-9)14(19)11-8-21-13(16-11)10-3-6-20-7-10/h3,6-9H,1-2,4-5H2,(H2,15,18). The Bertz CT molecular complexity index is 642. The minimum atomic E-state index is -0.280. The molecule has 0 aromatic carbocycles. The summed E-state index contributed by atoms with van der Waals surface area (Å²) in [5.41, 5.74) is 6.60. The van der Waals surface area contributed by atoms with E-state index >= 15 is 0 Å². The van der Waals surface area contributed by atoms with Crippen LogP contribution < -0.4 is 5.73 Å². The Hall–Kier alpha value is -2.15. The lowest BCUT2D eigenvalue weighted by Crippen LogP contribution is -2.41. The highest BCUT2D eigenvalue weighted by atomic mass is 32.1. The topological polar surface area (TPSA) is 89.4 Å².